The van der Waals surface area contributed by atoms with E-state index in [9.17, 15) is 4.79 Å². The number of anilines is 1. The maximum Gasteiger partial charge on any atom is 0.256 e. The van der Waals surface area contributed by atoms with Gasteiger partial charge < -0.3 is 20.5 Å². The van der Waals surface area contributed by atoms with E-state index in [1.54, 1.807) is 23.1 Å². The molecule has 1 amide bonds. The number of rotatable bonds is 2. The number of aliphatic hydroxyl groups excluding tert-OH is 1. The molecule has 1 fully saturated rings. The Kier molecular flexibility index (Phi) is 6.06. The second-order valence-corrected chi connectivity index (χ2v) is 5.07. The first-order valence-corrected chi connectivity index (χ1v) is 6.48. The summed E-state index contributed by atoms with van der Waals surface area (Å²) in [7, 11) is 0. The fourth-order valence-electron chi connectivity index (χ4n) is 1.91. The van der Waals surface area contributed by atoms with Crippen LogP contribution in [-0.4, -0.2) is 48.3 Å². The van der Waals surface area contributed by atoms with Crippen molar-refractivity contribution in [1.29, 1.82) is 0 Å². The summed E-state index contributed by atoms with van der Waals surface area (Å²) in [6.07, 6.45) is -0.306. The number of carbonyl (C=O) groups excluding carboxylic acids is 1. The second-order valence-electron chi connectivity index (χ2n) is 4.16. The van der Waals surface area contributed by atoms with Gasteiger partial charge in [-0.15, -0.1) is 12.4 Å². The molecule has 3 N–H and O–H groups in total. The lowest BCUT2D eigenvalue weighted by Gasteiger charge is -2.32. The lowest BCUT2D eigenvalue weighted by Crippen LogP contribution is -2.47. The smallest absolute Gasteiger partial charge is 0.256 e. The van der Waals surface area contributed by atoms with E-state index >= 15 is 0 Å². The van der Waals surface area contributed by atoms with E-state index in [0.717, 1.165) is 4.47 Å². The molecule has 1 saturated heterocycles. The second kappa shape index (κ2) is 7.09. The molecule has 1 heterocycles. The molecule has 1 unspecified atom stereocenters. The first-order valence-electron chi connectivity index (χ1n) is 5.68. The summed E-state index contributed by atoms with van der Waals surface area (Å²) in [5, 5.41) is 9.06. The Balaban J connectivity index is 0.00000180. The van der Waals surface area contributed by atoms with E-state index in [0.29, 0.717) is 30.9 Å². The number of amides is 1. The van der Waals surface area contributed by atoms with Gasteiger partial charge in [-0.25, -0.2) is 0 Å². The van der Waals surface area contributed by atoms with Crippen molar-refractivity contribution in [3.05, 3.63) is 28.2 Å². The number of hydrogen-bond donors (Lipinski definition) is 2. The number of hydrogen-bond acceptors (Lipinski definition) is 4. The molecule has 0 aliphatic carbocycles. The van der Waals surface area contributed by atoms with Crippen LogP contribution in [0, 0.1) is 0 Å². The average molecular weight is 352 g/mol. The topological polar surface area (TPSA) is 75.8 Å². The van der Waals surface area contributed by atoms with Crippen LogP contribution >= 0.6 is 28.3 Å². The van der Waals surface area contributed by atoms with Crippen molar-refractivity contribution in [3.63, 3.8) is 0 Å². The Morgan fingerprint density at radius 2 is 2.32 bits per heavy atom. The zero-order valence-electron chi connectivity index (χ0n) is 10.2. The summed E-state index contributed by atoms with van der Waals surface area (Å²) in [5.41, 5.74) is 6.77. The van der Waals surface area contributed by atoms with Gasteiger partial charge in [0.2, 0.25) is 0 Å². The van der Waals surface area contributed by atoms with Crippen molar-refractivity contribution in [1.82, 2.24) is 4.90 Å². The van der Waals surface area contributed by atoms with Crippen molar-refractivity contribution >= 4 is 39.9 Å². The summed E-state index contributed by atoms with van der Waals surface area (Å²) in [5.74, 6) is -0.123. The predicted molar refractivity (Wildman–Crippen MR) is 78.5 cm³/mol. The summed E-state index contributed by atoms with van der Waals surface area (Å²) < 4.78 is 6.15. The van der Waals surface area contributed by atoms with Crippen LogP contribution in [0.4, 0.5) is 5.69 Å². The first kappa shape index (κ1) is 16.2. The Hall–Kier alpha value is -0.820. The molecule has 1 aromatic carbocycles. The molecule has 1 atom stereocenters. The Morgan fingerprint density at radius 3 is 2.95 bits per heavy atom. The van der Waals surface area contributed by atoms with Crippen LogP contribution in [0.1, 0.15) is 10.4 Å². The molecule has 0 saturated carbocycles. The van der Waals surface area contributed by atoms with Crippen LogP contribution in [0.15, 0.2) is 22.7 Å². The van der Waals surface area contributed by atoms with Crippen molar-refractivity contribution in [2.24, 2.45) is 0 Å². The molecule has 1 aromatic rings. The Labute approximate surface area is 126 Å². The lowest BCUT2D eigenvalue weighted by molar-refractivity contribution is -0.0447. The summed E-state index contributed by atoms with van der Waals surface area (Å²) >= 11 is 3.30. The highest BCUT2D eigenvalue weighted by atomic mass is 79.9. The van der Waals surface area contributed by atoms with Crippen LogP contribution in [-0.2, 0) is 4.74 Å². The molecule has 19 heavy (non-hydrogen) atoms. The normalized spacial score (nSPS) is 18.8. The van der Waals surface area contributed by atoms with Gasteiger partial charge >= 0.3 is 0 Å². The fraction of sp³-hybridized carbons (Fsp3) is 0.417. The van der Waals surface area contributed by atoms with Gasteiger partial charge in [0.15, 0.2) is 0 Å². The number of carbonyl (C=O) groups is 1. The number of nitrogens with two attached hydrogens (primary N) is 1. The van der Waals surface area contributed by atoms with E-state index in [2.05, 4.69) is 15.9 Å². The minimum atomic E-state index is -0.306. The number of benzene rings is 1. The Morgan fingerprint density at radius 1 is 1.58 bits per heavy atom. The number of morpholine rings is 1. The molecule has 0 aromatic heterocycles. The van der Waals surface area contributed by atoms with Crippen molar-refractivity contribution in [3.8, 4) is 0 Å². The molecule has 0 spiro atoms. The zero-order valence-corrected chi connectivity index (χ0v) is 12.6. The fourth-order valence-corrected chi connectivity index (χ4v) is 2.29. The highest BCUT2D eigenvalue weighted by molar-refractivity contribution is 9.10. The van der Waals surface area contributed by atoms with Crippen LogP contribution in [0.3, 0.4) is 0 Å². The molecular weight excluding hydrogens is 336 g/mol. The average Bonchev–Trinajstić information content (AvgIpc) is 2.38. The van der Waals surface area contributed by atoms with Crippen molar-refractivity contribution < 1.29 is 14.6 Å². The van der Waals surface area contributed by atoms with Crippen LogP contribution in [0.25, 0.3) is 0 Å². The van der Waals surface area contributed by atoms with Crippen molar-refractivity contribution in [2.75, 3.05) is 32.0 Å². The van der Waals surface area contributed by atoms with Gasteiger partial charge in [0.1, 0.15) is 0 Å². The van der Waals surface area contributed by atoms with Crippen LogP contribution < -0.4 is 5.73 Å². The maximum atomic E-state index is 12.3. The zero-order chi connectivity index (χ0) is 13.1. The number of ether oxygens (including phenoxy) is 1. The summed E-state index contributed by atoms with van der Waals surface area (Å²) in [6.45, 7) is 1.27. The molecule has 0 radical (unpaired) electrons. The van der Waals surface area contributed by atoms with E-state index < -0.39 is 0 Å². The van der Waals surface area contributed by atoms with Gasteiger partial charge in [0.05, 0.1) is 24.9 Å². The number of aliphatic hydroxyl groups is 1. The molecular formula is C12H16BrClN2O3. The molecule has 106 valence electrons. The SMILES string of the molecule is Cl.Nc1cc(Br)ccc1C(=O)N1CCOC(CO)C1. The van der Waals surface area contributed by atoms with Gasteiger partial charge in [0, 0.05) is 23.2 Å². The highest BCUT2D eigenvalue weighted by Gasteiger charge is 2.25. The molecule has 1 aliphatic heterocycles. The summed E-state index contributed by atoms with van der Waals surface area (Å²) in [6, 6.07) is 5.19. The molecule has 7 heteroatoms. The quantitative estimate of drug-likeness (QED) is 0.787. The van der Waals surface area contributed by atoms with Gasteiger partial charge in [-0.1, -0.05) is 15.9 Å². The third-order valence-corrected chi connectivity index (χ3v) is 3.37. The molecule has 5 nitrogen and oxygen atoms in total. The van der Waals surface area contributed by atoms with Gasteiger partial charge in [-0.2, -0.15) is 0 Å². The first-order chi connectivity index (χ1) is 8.61. The standard InChI is InChI=1S/C12H15BrN2O3.ClH/c13-8-1-2-10(11(14)5-8)12(17)15-3-4-18-9(6-15)7-16;/h1-2,5,9,16H,3-4,6-7,14H2;1H. The molecule has 0 bridgehead atoms. The van der Waals surface area contributed by atoms with Crippen LogP contribution in [0.5, 0.6) is 0 Å². The number of halogens is 2. The largest absolute Gasteiger partial charge is 0.398 e. The molecule has 1 aliphatic rings. The summed E-state index contributed by atoms with van der Waals surface area (Å²) in [4.78, 5) is 13.9. The van der Waals surface area contributed by atoms with Crippen LogP contribution in [0.2, 0.25) is 0 Å². The lowest BCUT2D eigenvalue weighted by atomic mass is 10.1. The minimum Gasteiger partial charge on any atom is -0.398 e. The van der Waals surface area contributed by atoms with Gasteiger partial charge in [-0.3, -0.25) is 4.79 Å². The number of nitrogens with zero attached hydrogens (tertiary/aromatic N) is 1. The Bertz CT molecular complexity index is 459. The van der Waals surface area contributed by atoms with E-state index in [1.165, 1.54) is 0 Å². The van der Waals surface area contributed by atoms with E-state index in [-0.39, 0.29) is 31.0 Å². The third-order valence-electron chi connectivity index (χ3n) is 2.87. The van der Waals surface area contributed by atoms with Gasteiger partial charge in [-0.05, 0) is 18.2 Å². The van der Waals surface area contributed by atoms with Crippen molar-refractivity contribution in [2.45, 2.75) is 6.10 Å². The van der Waals surface area contributed by atoms with E-state index in [1.807, 2.05) is 0 Å². The van der Waals surface area contributed by atoms with E-state index in [4.69, 9.17) is 15.6 Å². The molecule has 2 rings (SSSR count). The minimum absolute atomic E-state index is 0. The maximum absolute atomic E-state index is 12.3. The number of nitrogen functional groups attached to an aromatic ring is 1. The predicted octanol–water partition coefficient (Wildman–Crippen LogP) is 1.29. The third kappa shape index (κ3) is 3.82. The monoisotopic (exact) mass is 350 g/mol. The van der Waals surface area contributed by atoms with Gasteiger partial charge in [0.25, 0.3) is 5.91 Å². The highest BCUT2D eigenvalue weighted by Crippen LogP contribution is 2.21.